The van der Waals surface area contributed by atoms with E-state index in [9.17, 15) is 4.79 Å². The first kappa shape index (κ1) is 15.6. The van der Waals surface area contributed by atoms with Gasteiger partial charge in [0.25, 0.3) is 0 Å². The maximum Gasteiger partial charge on any atom is 0.313 e. The second-order valence-corrected chi connectivity index (χ2v) is 5.74. The van der Waals surface area contributed by atoms with Crippen LogP contribution in [0.4, 0.5) is 0 Å². The predicted molar refractivity (Wildman–Crippen MR) is 83.7 cm³/mol. The summed E-state index contributed by atoms with van der Waals surface area (Å²) in [5.74, 6) is -0.831. The zero-order valence-electron chi connectivity index (χ0n) is 12.4. The van der Waals surface area contributed by atoms with Crippen molar-refractivity contribution in [3.05, 3.63) is 18.3 Å². The van der Waals surface area contributed by atoms with Crippen LogP contribution in [0.3, 0.4) is 0 Å². The number of allylic oxidation sites excluding steroid dienone is 1. The van der Waals surface area contributed by atoms with E-state index in [1.807, 2.05) is 22.4 Å². The average Bonchev–Trinajstić information content (AvgIpc) is 2.94. The van der Waals surface area contributed by atoms with E-state index in [0.29, 0.717) is 0 Å². The number of carboxylic acids is 1. The lowest BCUT2D eigenvalue weighted by molar-refractivity contribution is -0.133. The first-order valence-corrected chi connectivity index (χ1v) is 7.94. The highest BCUT2D eigenvalue weighted by atomic mass is 32.2. The van der Waals surface area contributed by atoms with Crippen molar-refractivity contribution >= 4 is 28.9 Å². The zero-order chi connectivity index (χ0) is 15.4. The lowest BCUT2D eigenvalue weighted by Crippen LogP contribution is -2.06. The maximum absolute atomic E-state index is 10.8. The standard InChI is InChI=1S/C14H20N4O2S/c1-4-6-8-18-13-12(10(7-5-2)16-17(13)3)15-14(18)21-9-11(19)20/h4H,1,5-9H2,2-3H3,(H,19,20). The van der Waals surface area contributed by atoms with Crippen molar-refractivity contribution in [2.45, 2.75) is 37.9 Å². The van der Waals surface area contributed by atoms with Crippen molar-refractivity contribution in [1.29, 1.82) is 0 Å². The SMILES string of the molecule is C=CCCn1c(SCC(=O)O)nc2c(CCC)nn(C)c21. The van der Waals surface area contributed by atoms with E-state index in [2.05, 4.69) is 23.6 Å². The Morgan fingerprint density at radius 1 is 1.52 bits per heavy atom. The number of rotatable bonds is 8. The van der Waals surface area contributed by atoms with Crippen LogP contribution in [0.15, 0.2) is 17.8 Å². The Morgan fingerprint density at radius 3 is 2.90 bits per heavy atom. The number of carbonyl (C=O) groups is 1. The summed E-state index contributed by atoms with van der Waals surface area (Å²) in [6.45, 7) is 6.58. The molecular formula is C14H20N4O2S. The highest BCUT2D eigenvalue weighted by molar-refractivity contribution is 7.99. The van der Waals surface area contributed by atoms with Crippen molar-refractivity contribution in [1.82, 2.24) is 19.3 Å². The Hall–Kier alpha value is -1.76. The highest BCUT2D eigenvalue weighted by Gasteiger charge is 2.19. The first-order chi connectivity index (χ1) is 10.1. The van der Waals surface area contributed by atoms with Gasteiger partial charge in [-0.3, -0.25) is 9.48 Å². The van der Waals surface area contributed by atoms with Gasteiger partial charge in [0.05, 0.1) is 11.4 Å². The molecule has 21 heavy (non-hydrogen) atoms. The number of aryl methyl sites for hydroxylation is 3. The Balaban J connectivity index is 2.47. The van der Waals surface area contributed by atoms with Gasteiger partial charge in [0.1, 0.15) is 5.52 Å². The molecule has 2 heterocycles. The van der Waals surface area contributed by atoms with Gasteiger partial charge in [-0.25, -0.2) is 4.98 Å². The summed E-state index contributed by atoms with van der Waals surface area (Å²) < 4.78 is 3.87. The maximum atomic E-state index is 10.8. The molecule has 0 atom stereocenters. The molecule has 0 amide bonds. The number of hydrogen-bond donors (Lipinski definition) is 1. The number of hydrogen-bond acceptors (Lipinski definition) is 4. The number of aliphatic carboxylic acids is 1. The van der Waals surface area contributed by atoms with Gasteiger partial charge in [-0.2, -0.15) is 5.10 Å². The largest absolute Gasteiger partial charge is 0.481 e. The van der Waals surface area contributed by atoms with Crippen LogP contribution in [-0.4, -0.2) is 36.2 Å². The molecule has 0 fully saturated rings. The van der Waals surface area contributed by atoms with Crippen LogP contribution >= 0.6 is 11.8 Å². The van der Waals surface area contributed by atoms with Crippen LogP contribution in [0.2, 0.25) is 0 Å². The summed E-state index contributed by atoms with van der Waals surface area (Å²) in [5.41, 5.74) is 2.81. The Morgan fingerprint density at radius 2 is 2.29 bits per heavy atom. The van der Waals surface area contributed by atoms with Gasteiger partial charge in [0.2, 0.25) is 0 Å². The third kappa shape index (κ3) is 3.29. The molecule has 2 aromatic rings. The highest BCUT2D eigenvalue weighted by Crippen LogP contribution is 2.27. The fourth-order valence-electron chi connectivity index (χ4n) is 2.29. The van der Waals surface area contributed by atoms with Gasteiger partial charge in [0.15, 0.2) is 10.8 Å². The molecule has 0 saturated carbocycles. The molecule has 0 aliphatic carbocycles. The lowest BCUT2D eigenvalue weighted by atomic mass is 10.2. The van der Waals surface area contributed by atoms with Crippen molar-refractivity contribution in [2.75, 3.05) is 5.75 Å². The number of thioether (sulfide) groups is 1. The second kappa shape index (κ2) is 6.80. The molecule has 7 heteroatoms. The van der Waals surface area contributed by atoms with Crippen molar-refractivity contribution < 1.29 is 9.90 Å². The summed E-state index contributed by atoms with van der Waals surface area (Å²) in [4.78, 5) is 15.4. The van der Waals surface area contributed by atoms with Crippen molar-refractivity contribution in [3.8, 4) is 0 Å². The molecule has 0 spiro atoms. The summed E-state index contributed by atoms with van der Waals surface area (Å²) in [7, 11) is 1.90. The van der Waals surface area contributed by atoms with Gasteiger partial charge in [0, 0.05) is 13.6 Å². The third-order valence-electron chi connectivity index (χ3n) is 3.12. The summed E-state index contributed by atoms with van der Waals surface area (Å²) in [6, 6.07) is 0. The monoisotopic (exact) mass is 308 g/mol. The summed E-state index contributed by atoms with van der Waals surface area (Å²) >= 11 is 1.25. The molecule has 1 N–H and O–H groups in total. The average molecular weight is 308 g/mol. The molecule has 6 nitrogen and oxygen atoms in total. The molecule has 2 rings (SSSR count). The van der Waals surface area contributed by atoms with Crippen molar-refractivity contribution in [3.63, 3.8) is 0 Å². The minimum atomic E-state index is -0.839. The molecule has 0 aliphatic heterocycles. The Kier molecular flexibility index (Phi) is 5.06. The van der Waals surface area contributed by atoms with E-state index in [1.54, 1.807) is 0 Å². The molecular weight excluding hydrogens is 288 g/mol. The van der Waals surface area contributed by atoms with Crippen LogP contribution < -0.4 is 0 Å². The van der Waals surface area contributed by atoms with Crippen molar-refractivity contribution in [2.24, 2.45) is 7.05 Å². The van der Waals surface area contributed by atoms with Gasteiger partial charge < -0.3 is 9.67 Å². The van der Waals surface area contributed by atoms with Gasteiger partial charge >= 0.3 is 5.97 Å². The molecule has 0 aliphatic rings. The fourth-order valence-corrected chi connectivity index (χ4v) is 3.03. The van der Waals surface area contributed by atoms with E-state index in [-0.39, 0.29) is 5.75 Å². The van der Waals surface area contributed by atoms with Crippen LogP contribution in [0.1, 0.15) is 25.5 Å². The van der Waals surface area contributed by atoms with Crippen LogP contribution in [0, 0.1) is 0 Å². The predicted octanol–water partition coefficient (Wildman–Crippen LogP) is 2.48. The van der Waals surface area contributed by atoms with Gasteiger partial charge in [-0.1, -0.05) is 31.2 Å². The van der Waals surface area contributed by atoms with E-state index < -0.39 is 5.97 Å². The molecule has 0 radical (unpaired) electrons. The number of fused-ring (bicyclic) bond motifs is 1. The van der Waals surface area contributed by atoms with E-state index in [0.717, 1.165) is 47.8 Å². The normalized spacial score (nSPS) is 11.1. The smallest absolute Gasteiger partial charge is 0.313 e. The lowest BCUT2D eigenvalue weighted by Gasteiger charge is -2.07. The number of imidazole rings is 1. The number of nitrogens with zero attached hydrogens (tertiary/aromatic N) is 4. The molecule has 2 aromatic heterocycles. The van der Waals surface area contributed by atoms with E-state index >= 15 is 0 Å². The third-order valence-corrected chi connectivity index (χ3v) is 4.09. The minimum Gasteiger partial charge on any atom is -0.481 e. The summed E-state index contributed by atoms with van der Waals surface area (Å²) in [5, 5.41) is 14.1. The van der Waals surface area contributed by atoms with E-state index in [4.69, 9.17) is 5.11 Å². The minimum absolute atomic E-state index is 0.00789. The number of aromatic nitrogens is 4. The molecule has 0 unspecified atom stereocenters. The topological polar surface area (TPSA) is 72.9 Å². The second-order valence-electron chi connectivity index (χ2n) is 4.80. The Labute approximate surface area is 127 Å². The Bertz CT molecular complexity index is 660. The van der Waals surface area contributed by atoms with Crippen LogP contribution in [0.5, 0.6) is 0 Å². The van der Waals surface area contributed by atoms with Crippen LogP contribution in [-0.2, 0) is 24.8 Å². The number of carboxylic acid groups (broad SMARTS) is 1. The molecule has 0 bridgehead atoms. The quantitative estimate of drug-likeness (QED) is 0.599. The van der Waals surface area contributed by atoms with Gasteiger partial charge in [-0.15, -0.1) is 6.58 Å². The zero-order valence-corrected chi connectivity index (χ0v) is 13.2. The van der Waals surface area contributed by atoms with Gasteiger partial charge in [-0.05, 0) is 12.8 Å². The van der Waals surface area contributed by atoms with Crippen LogP contribution in [0.25, 0.3) is 11.2 Å². The fraction of sp³-hybridized carbons (Fsp3) is 0.500. The van der Waals surface area contributed by atoms with E-state index in [1.165, 1.54) is 11.8 Å². The molecule has 0 saturated heterocycles. The first-order valence-electron chi connectivity index (χ1n) is 6.96. The summed E-state index contributed by atoms with van der Waals surface area (Å²) in [6.07, 6.45) is 4.53. The molecule has 0 aromatic carbocycles. The molecule has 114 valence electrons.